The van der Waals surface area contributed by atoms with Crippen LogP contribution in [0.1, 0.15) is 17.3 Å². The number of alkyl halides is 1. The van der Waals surface area contributed by atoms with Gasteiger partial charge in [0.05, 0.1) is 12.7 Å². The number of para-hydroxylation sites is 1. The van der Waals surface area contributed by atoms with Crippen LogP contribution in [0.25, 0.3) is 0 Å². The minimum absolute atomic E-state index is 0.0661. The molecule has 1 aromatic rings. The van der Waals surface area contributed by atoms with E-state index in [2.05, 4.69) is 0 Å². The maximum absolute atomic E-state index is 12.0. The zero-order valence-electron chi connectivity index (χ0n) is 9.74. The molecular weight excluding hydrogens is 226 g/mol. The fraction of sp³-hybridized carbons (Fsp3) is 0.417. The van der Waals surface area contributed by atoms with Crippen molar-refractivity contribution in [3.63, 3.8) is 0 Å². The molecule has 0 saturated heterocycles. The van der Waals surface area contributed by atoms with Crippen LogP contribution in [-0.2, 0) is 0 Å². The van der Waals surface area contributed by atoms with Crippen molar-refractivity contribution in [3.8, 4) is 5.75 Å². The van der Waals surface area contributed by atoms with Crippen LogP contribution in [-0.4, -0.2) is 36.9 Å². The number of nitrogens with zero attached hydrogens (tertiary/aromatic N) is 1. The highest BCUT2D eigenvalue weighted by atomic mass is 35.5. The van der Waals surface area contributed by atoms with Crippen LogP contribution in [0.3, 0.4) is 0 Å². The molecule has 4 heteroatoms. The molecule has 0 N–H and O–H groups in total. The fourth-order valence-electron chi connectivity index (χ4n) is 1.49. The topological polar surface area (TPSA) is 29.5 Å². The Bertz CT molecular complexity index is 366. The minimum Gasteiger partial charge on any atom is -0.496 e. The largest absolute Gasteiger partial charge is 0.496 e. The van der Waals surface area contributed by atoms with E-state index in [1.807, 2.05) is 19.1 Å². The molecule has 1 unspecified atom stereocenters. The van der Waals surface area contributed by atoms with E-state index in [1.165, 1.54) is 0 Å². The van der Waals surface area contributed by atoms with Gasteiger partial charge in [0, 0.05) is 19.0 Å². The standard InChI is InChI=1S/C12H16ClNO2/c1-9(13)8-14(2)12(15)10-6-4-5-7-11(10)16-3/h4-7,9H,8H2,1-3H3. The second-order valence-electron chi connectivity index (χ2n) is 3.67. The van der Waals surface area contributed by atoms with Gasteiger partial charge in [-0.1, -0.05) is 12.1 Å². The van der Waals surface area contributed by atoms with Gasteiger partial charge >= 0.3 is 0 Å². The molecule has 0 bridgehead atoms. The average molecular weight is 242 g/mol. The molecule has 88 valence electrons. The van der Waals surface area contributed by atoms with Crippen molar-refractivity contribution in [1.82, 2.24) is 4.90 Å². The fourth-order valence-corrected chi connectivity index (χ4v) is 1.69. The van der Waals surface area contributed by atoms with Crippen LogP contribution >= 0.6 is 11.6 Å². The average Bonchev–Trinajstić information content (AvgIpc) is 2.27. The lowest BCUT2D eigenvalue weighted by Gasteiger charge is -2.19. The highest BCUT2D eigenvalue weighted by molar-refractivity contribution is 6.20. The summed E-state index contributed by atoms with van der Waals surface area (Å²) in [6.45, 7) is 2.37. The van der Waals surface area contributed by atoms with Crippen LogP contribution in [0.2, 0.25) is 0 Å². The summed E-state index contributed by atoms with van der Waals surface area (Å²) in [5, 5.41) is -0.0661. The number of hydrogen-bond acceptors (Lipinski definition) is 2. The van der Waals surface area contributed by atoms with E-state index in [9.17, 15) is 4.79 Å². The number of halogens is 1. The molecule has 3 nitrogen and oxygen atoms in total. The molecule has 0 aliphatic heterocycles. The first-order chi connectivity index (χ1) is 7.56. The molecular formula is C12H16ClNO2. The number of ether oxygens (including phenoxy) is 1. The molecule has 0 radical (unpaired) electrons. The van der Waals surface area contributed by atoms with Gasteiger partial charge in [0.15, 0.2) is 0 Å². The van der Waals surface area contributed by atoms with E-state index in [0.717, 1.165) is 0 Å². The molecule has 0 heterocycles. The Balaban J connectivity index is 2.87. The molecule has 16 heavy (non-hydrogen) atoms. The van der Waals surface area contributed by atoms with Crippen molar-refractivity contribution < 1.29 is 9.53 Å². The van der Waals surface area contributed by atoms with Crippen molar-refractivity contribution in [2.45, 2.75) is 12.3 Å². The van der Waals surface area contributed by atoms with E-state index < -0.39 is 0 Å². The molecule has 1 rings (SSSR count). The summed E-state index contributed by atoms with van der Waals surface area (Å²) in [4.78, 5) is 13.6. The van der Waals surface area contributed by atoms with E-state index in [-0.39, 0.29) is 11.3 Å². The number of carbonyl (C=O) groups excluding carboxylic acids is 1. The van der Waals surface area contributed by atoms with E-state index in [4.69, 9.17) is 16.3 Å². The predicted molar refractivity (Wildman–Crippen MR) is 65.3 cm³/mol. The molecule has 0 saturated carbocycles. The summed E-state index contributed by atoms with van der Waals surface area (Å²) in [5.41, 5.74) is 0.560. The van der Waals surface area contributed by atoms with Crippen molar-refractivity contribution in [2.24, 2.45) is 0 Å². The number of amides is 1. The second-order valence-corrected chi connectivity index (χ2v) is 4.41. The lowest BCUT2D eigenvalue weighted by atomic mass is 10.1. The molecule has 1 atom stereocenters. The molecule has 0 fully saturated rings. The Morgan fingerprint density at radius 2 is 2.12 bits per heavy atom. The number of benzene rings is 1. The predicted octanol–water partition coefficient (Wildman–Crippen LogP) is 2.39. The molecule has 0 aromatic heterocycles. The van der Waals surface area contributed by atoms with Gasteiger partial charge in [-0.3, -0.25) is 4.79 Å². The van der Waals surface area contributed by atoms with Gasteiger partial charge in [0.1, 0.15) is 5.75 Å². The third kappa shape index (κ3) is 3.14. The monoisotopic (exact) mass is 241 g/mol. The number of rotatable bonds is 4. The van der Waals surface area contributed by atoms with Crippen molar-refractivity contribution >= 4 is 17.5 Å². The zero-order valence-corrected chi connectivity index (χ0v) is 10.5. The number of methoxy groups -OCH3 is 1. The van der Waals surface area contributed by atoms with Gasteiger partial charge in [-0.2, -0.15) is 0 Å². The van der Waals surface area contributed by atoms with Gasteiger partial charge in [-0.25, -0.2) is 0 Å². The maximum atomic E-state index is 12.0. The summed E-state index contributed by atoms with van der Waals surface area (Å²) < 4.78 is 5.14. The lowest BCUT2D eigenvalue weighted by molar-refractivity contribution is 0.0793. The third-order valence-corrected chi connectivity index (χ3v) is 2.35. The summed E-state index contributed by atoms with van der Waals surface area (Å²) in [5.74, 6) is 0.506. The van der Waals surface area contributed by atoms with E-state index in [0.29, 0.717) is 17.9 Å². The first-order valence-corrected chi connectivity index (χ1v) is 5.52. The SMILES string of the molecule is COc1ccccc1C(=O)N(C)CC(C)Cl. The number of hydrogen-bond donors (Lipinski definition) is 0. The van der Waals surface area contributed by atoms with Crippen molar-refractivity contribution in [1.29, 1.82) is 0 Å². The van der Waals surface area contributed by atoms with Crippen LogP contribution in [0.5, 0.6) is 5.75 Å². The first kappa shape index (κ1) is 12.8. The Kier molecular flexibility index (Phi) is 4.62. The Morgan fingerprint density at radius 1 is 1.50 bits per heavy atom. The van der Waals surface area contributed by atoms with Crippen molar-refractivity contribution in [2.75, 3.05) is 20.7 Å². The van der Waals surface area contributed by atoms with Crippen LogP contribution in [0, 0.1) is 0 Å². The molecule has 0 aliphatic rings. The second kappa shape index (κ2) is 5.75. The molecule has 1 aromatic carbocycles. The molecule has 1 amide bonds. The Morgan fingerprint density at radius 3 is 2.69 bits per heavy atom. The summed E-state index contributed by atoms with van der Waals surface area (Å²) in [6.07, 6.45) is 0. The Hall–Kier alpha value is -1.22. The smallest absolute Gasteiger partial charge is 0.257 e. The molecule has 0 spiro atoms. The summed E-state index contributed by atoms with van der Waals surface area (Å²) in [7, 11) is 3.28. The third-order valence-electron chi connectivity index (χ3n) is 2.21. The highest BCUT2D eigenvalue weighted by Crippen LogP contribution is 2.19. The van der Waals surface area contributed by atoms with Gasteiger partial charge in [-0.05, 0) is 19.1 Å². The lowest BCUT2D eigenvalue weighted by Crippen LogP contribution is -2.31. The first-order valence-electron chi connectivity index (χ1n) is 5.08. The highest BCUT2D eigenvalue weighted by Gasteiger charge is 2.16. The van der Waals surface area contributed by atoms with Gasteiger partial charge in [0.25, 0.3) is 5.91 Å². The van der Waals surface area contributed by atoms with E-state index >= 15 is 0 Å². The molecule has 0 aliphatic carbocycles. The quantitative estimate of drug-likeness (QED) is 0.758. The number of carbonyl (C=O) groups is 1. The van der Waals surface area contributed by atoms with Crippen LogP contribution in [0.4, 0.5) is 0 Å². The van der Waals surface area contributed by atoms with Gasteiger partial charge < -0.3 is 9.64 Å². The summed E-state index contributed by atoms with van der Waals surface area (Å²) in [6, 6.07) is 7.16. The van der Waals surface area contributed by atoms with Gasteiger partial charge in [0.2, 0.25) is 0 Å². The summed E-state index contributed by atoms with van der Waals surface area (Å²) >= 11 is 5.85. The van der Waals surface area contributed by atoms with Crippen molar-refractivity contribution in [3.05, 3.63) is 29.8 Å². The Labute approximate surface area is 101 Å². The van der Waals surface area contributed by atoms with E-state index in [1.54, 1.807) is 31.2 Å². The van der Waals surface area contributed by atoms with Crippen LogP contribution < -0.4 is 4.74 Å². The zero-order chi connectivity index (χ0) is 12.1. The normalized spacial score (nSPS) is 12.0. The van der Waals surface area contributed by atoms with Crippen LogP contribution in [0.15, 0.2) is 24.3 Å². The van der Waals surface area contributed by atoms with Gasteiger partial charge in [-0.15, -0.1) is 11.6 Å². The minimum atomic E-state index is -0.0787. The maximum Gasteiger partial charge on any atom is 0.257 e.